The van der Waals surface area contributed by atoms with Gasteiger partial charge < -0.3 is 9.80 Å². The first-order valence-corrected chi connectivity index (χ1v) is 9.82. The summed E-state index contributed by atoms with van der Waals surface area (Å²) in [6.45, 7) is 5.63. The maximum absolute atomic E-state index is 12.9. The van der Waals surface area contributed by atoms with Gasteiger partial charge in [-0.2, -0.15) is 0 Å². The lowest BCUT2D eigenvalue weighted by Crippen LogP contribution is -2.35. The number of nitrogens with zero attached hydrogens (tertiary/aromatic N) is 4. The predicted molar refractivity (Wildman–Crippen MR) is 98.9 cm³/mol. The Balaban J connectivity index is 1.57. The first kappa shape index (κ1) is 17.1. The molecule has 2 aliphatic heterocycles. The molecule has 0 aromatic carbocycles. The van der Waals surface area contributed by atoms with Gasteiger partial charge in [-0.15, -0.1) is 11.3 Å². The minimum absolute atomic E-state index is 0.0546. The first-order chi connectivity index (χ1) is 12.5. The molecule has 2 aromatic heterocycles. The Kier molecular flexibility index (Phi) is 4.48. The molecule has 7 heteroatoms. The number of aromatic nitrogens is 2. The van der Waals surface area contributed by atoms with E-state index in [0.717, 1.165) is 52.6 Å². The molecule has 0 saturated carbocycles. The molecule has 0 unspecified atom stereocenters. The fourth-order valence-corrected chi connectivity index (χ4v) is 4.55. The lowest BCUT2D eigenvalue weighted by molar-refractivity contribution is -0.129. The summed E-state index contributed by atoms with van der Waals surface area (Å²) in [5, 5.41) is 0. The van der Waals surface area contributed by atoms with E-state index < -0.39 is 0 Å². The summed E-state index contributed by atoms with van der Waals surface area (Å²) >= 11 is 1.54. The van der Waals surface area contributed by atoms with Gasteiger partial charge in [0.05, 0.1) is 16.6 Å². The third kappa shape index (κ3) is 3.11. The van der Waals surface area contributed by atoms with Crippen LogP contribution in [0.4, 0.5) is 0 Å². The minimum atomic E-state index is -0.0546. The number of likely N-dealkylation sites (tertiary alicyclic amines) is 1. The van der Waals surface area contributed by atoms with E-state index in [0.29, 0.717) is 13.1 Å². The molecular formula is C19H22N4O2S. The molecule has 1 saturated heterocycles. The van der Waals surface area contributed by atoms with Crippen molar-refractivity contribution in [1.29, 1.82) is 0 Å². The summed E-state index contributed by atoms with van der Waals surface area (Å²) < 4.78 is 0. The van der Waals surface area contributed by atoms with Crippen LogP contribution in [0.3, 0.4) is 0 Å². The van der Waals surface area contributed by atoms with Crippen molar-refractivity contribution in [3.63, 3.8) is 0 Å². The van der Waals surface area contributed by atoms with Crippen molar-refractivity contribution < 1.29 is 9.59 Å². The Morgan fingerprint density at radius 2 is 2.12 bits per heavy atom. The lowest BCUT2D eigenvalue weighted by atomic mass is 10.1. The van der Waals surface area contributed by atoms with E-state index in [2.05, 4.69) is 4.98 Å². The summed E-state index contributed by atoms with van der Waals surface area (Å²) in [5.74, 6) is 0.896. The number of rotatable bonds is 2. The van der Waals surface area contributed by atoms with Gasteiger partial charge in [0, 0.05) is 49.6 Å². The van der Waals surface area contributed by atoms with Crippen LogP contribution in [0.25, 0.3) is 0 Å². The molecule has 4 heterocycles. The molecule has 1 atom stereocenters. The van der Waals surface area contributed by atoms with Crippen molar-refractivity contribution in [3.05, 3.63) is 45.2 Å². The molecular weight excluding hydrogens is 348 g/mol. The van der Waals surface area contributed by atoms with E-state index in [9.17, 15) is 9.59 Å². The molecule has 2 aromatic rings. The summed E-state index contributed by atoms with van der Waals surface area (Å²) in [4.78, 5) is 39.5. The monoisotopic (exact) mass is 370 g/mol. The van der Waals surface area contributed by atoms with Gasteiger partial charge in [-0.3, -0.25) is 9.59 Å². The van der Waals surface area contributed by atoms with Crippen molar-refractivity contribution in [3.8, 4) is 0 Å². The second-order valence-electron chi connectivity index (χ2n) is 6.96. The van der Waals surface area contributed by atoms with Crippen LogP contribution < -0.4 is 0 Å². The van der Waals surface area contributed by atoms with Crippen LogP contribution >= 0.6 is 11.3 Å². The van der Waals surface area contributed by atoms with Crippen LogP contribution in [-0.2, 0) is 17.8 Å². The van der Waals surface area contributed by atoms with Gasteiger partial charge in [0.2, 0.25) is 5.91 Å². The maximum atomic E-state index is 12.9. The fraction of sp³-hybridized carbons (Fsp3) is 0.474. The third-order valence-electron chi connectivity index (χ3n) is 5.16. The fourth-order valence-electron chi connectivity index (χ4n) is 3.73. The number of hydrogen-bond donors (Lipinski definition) is 0. The molecule has 0 N–H and O–H groups in total. The highest BCUT2D eigenvalue weighted by Crippen LogP contribution is 2.33. The zero-order valence-corrected chi connectivity index (χ0v) is 15.9. The average molecular weight is 370 g/mol. The van der Waals surface area contributed by atoms with Crippen molar-refractivity contribution in [2.24, 2.45) is 0 Å². The summed E-state index contributed by atoms with van der Waals surface area (Å²) in [6, 6.07) is 3.84. The molecule has 26 heavy (non-hydrogen) atoms. The maximum Gasteiger partial charge on any atom is 0.264 e. The zero-order valence-electron chi connectivity index (χ0n) is 15.1. The zero-order chi connectivity index (χ0) is 18.3. The van der Waals surface area contributed by atoms with Gasteiger partial charge in [0.1, 0.15) is 0 Å². The normalized spacial score (nSPS) is 19.5. The topological polar surface area (TPSA) is 66.4 Å². The van der Waals surface area contributed by atoms with E-state index >= 15 is 0 Å². The minimum Gasteiger partial charge on any atom is -0.338 e. The predicted octanol–water partition coefficient (Wildman–Crippen LogP) is 2.73. The van der Waals surface area contributed by atoms with Crippen molar-refractivity contribution in [2.45, 2.75) is 45.7 Å². The third-order valence-corrected chi connectivity index (χ3v) is 6.15. The van der Waals surface area contributed by atoms with Crippen LogP contribution in [0.1, 0.15) is 57.4 Å². The molecule has 6 nitrogen and oxygen atoms in total. The van der Waals surface area contributed by atoms with E-state index in [1.165, 1.54) is 11.3 Å². The highest BCUT2D eigenvalue weighted by Gasteiger charge is 2.33. The number of carbonyl (C=O) groups is 2. The van der Waals surface area contributed by atoms with Crippen LogP contribution in [0, 0.1) is 6.92 Å². The highest BCUT2D eigenvalue weighted by atomic mass is 32.1. The van der Waals surface area contributed by atoms with Crippen LogP contribution in [-0.4, -0.2) is 44.7 Å². The standard InChI is InChI=1S/C19H22N4O2S/c1-12-5-6-17(26-12)19(25)23-8-3-4-16(23)18-20-10-14-11-22(13(2)24)9-7-15(14)21-18/h5-6,10,16H,3-4,7-9,11H2,1-2H3/t16-/m1/s1. The summed E-state index contributed by atoms with van der Waals surface area (Å²) in [6.07, 6.45) is 4.45. The van der Waals surface area contributed by atoms with E-state index in [1.807, 2.05) is 35.1 Å². The Morgan fingerprint density at radius 3 is 2.85 bits per heavy atom. The Morgan fingerprint density at radius 1 is 1.27 bits per heavy atom. The van der Waals surface area contributed by atoms with E-state index in [4.69, 9.17) is 4.98 Å². The Bertz CT molecular complexity index is 863. The second-order valence-corrected chi connectivity index (χ2v) is 8.25. The van der Waals surface area contributed by atoms with Gasteiger partial charge in [-0.25, -0.2) is 9.97 Å². The lowest BCUT2D eigenvalue weighted by Gasteiger charge is -2.28. The second kappa shape index (κ2) is 6.79. The average Bonchev–Trinajstić information content (AvgIpc) is 3.29. The molecule has 1 fully saturated rings. The smallest absolute Gasteiger partial charge is 0.264 e. The molecule has 0 spiro atoms. The molecule has 136 valence electrons. The number of fused-ring (bicyclic) bond motifs is 1. The molecule has 0 bridgehead atoms. The summed E-state index contributed by atoms with van der Waals surface area (Å²) in [7, 11) is 0. The van der Waals surface area contributed by atoms with Crippen LogP contribution in [0.15, 0.2) is 18.3 Å². The van der Waals surface area contributed by atoms with Gasteiger partial charge in [-0.1, -0.05) is 0 Å². The molecule has 2 aliphatic rings. The Labute approximate surface area is 156 Å². The number of carbonyl (C=O) groups excluding carboxylic acids is 2. The Hall–Kier alpha value is -2.28. The van der Waals surface area contributed by atoms with Crippen LogP contribution in [0.2, 0.25) is 0 Å². The highest BCUT2D eigenvalue weighted by molar-refractivity contribution is 7.13. The van der Waals surface area contributed by atoms with Gasteiger partial charge in [0.25, 0.3) is 5.91 Å². The van der Waals surface area contributed by atoms with Crippen molar-refractivity contribution in [2.75, 3.05) is 13.1 Å². The van der Waals surface area contributed by atoms with E-state index in [1.54, 1.807) is 6.92 Å². The number of amides is 2. The van der Waals surface area contributed by atoms with Crippen LogP contribution in [0.5, 0.6) is 0 Å². The van der Waals surface area contributed by atoms with Gasteiger partial charge in [0.15, 0.2) is 5.82 Å². The first-order valence-electron chi connectivity index (χ1n) is 9.00. The molecule has 4 rings (SSSR count). The number of hydrogen-bond acceptors (Lipinski definition) is 5. The van der Waals surface area contributed by atoms with Crippen molar-refractivity contribution >= 4 is 23.2 Å². The number of aryl methyl sites for hydroxylation is 1. The SMILES string of the molecule is CC(=O)N1CCc2nc([C@H]3CCCN3C(=O)c3ccc(C)s3)ncc2C1. The van der Waals surface area contributed by atoms with Gasteiger partial charge >= 0.3 is 0 Å². The largest absolute Gasteiger partial charge is 0.338 e. The quantitative estimate of drug-likeness (QED) is 0.815. The van der Waals surface area contributed by atoms with E-state index in [-0.39, 0.29) is 17.9 Å². The molecule has 0 radical (unpaired) electrons. The van der Waals surface area contributed by atoms with Gasteiger partial charge in [-0.05, 0) is 31.9 Å². The summed E-state index contributed by atoms with van der Waals surface area (Å²) in [5.41, 5.74) is 2.03. The molecule has 0 aliphatic carbocycles. The molecule has 2 amide bonds. The van der Waals surface area contributed by atoms with Crippen molar-refractivity contribution in [1.82, 2.24) is 19.8 Å². The number of thiophene rings is 1.